The Morgan fingerprint density at radius 1 is 0.607 bits per heavy atom. The molecule has 6 heterocycles. The molecule has 135 heavy (non-hydrogen) atoms. The molecule has 45 heteroatoms. The number of anilines is 8. The molecule has 6 aromatic rings. The number of fused-ring (bicyclic) bond motifs is 6. The number of carbonyl (C=O) groups is 15. The second kappa shape index (κ2) is 45.5. The van der Waals surface area contributed by atoms with Gasteiger partial charge >= 0.3 is 11.9 Å². The van der Waals surface area contributed by atoms with E-state index in [1.54, 1.807) is 44.2 Å². The van der Waals surface area contributed by atoms with Crippen molar-refractivity contribution in [3.05, 3.63) is 153 Å². The molecule has 0 unspecified atom stereocenters. The highest BCUT2D eigenvalue weighted by molar-refractivity contribution is 7.98. The zero-order valence-corrected chi connectivity index (χ0v) is 74.5. The van der Waals surface area contributed by atoms with Crippen molar-refractivity contribution < 1.29 is 91.7 Å². The molecule has 6 aliphatic rings. The summed E-state index contributed by atoms with van der Waals surface area (Å²) in [6.45, 7) is 2.97. The first kappa shape index (κ1) is 98.5. The van der Waals surface area contributed by atoms with E-state index in [1.165, 1.54) is 78.9 Å². The van der Waals surface area contributed by atoms with Crippen LogP contribution in [0.15, 0.2) is 118 Å². The Labute approximate surface area is 775 Å². The highest BCUT2D eigenvalue weighted by Crippen LogP contribution is 2.43. The molecule has 0 saturated carbocycles. The van der Waals surface area contributed by atoms with Crippen LogP contribution < -0.4 is 113 Å². The van der Waals surface area contributed by atoms with Gasteiger partial charge in [0.1, 0.15) is 47.3 Å². The number of nitrogens with one attached hydrogen (secondary N) is 15. The molecule has 13 amide bonds. The minimum Gasteiger partial charge on any atom is -0.508 e. The minimum atomic E-state index is -1.49. The lowest BCUT2D eigenvalue weighted by atomic mass is 9.90. The molecular weight excluding hydrogens is 1770 g/mol. The van der Waals surface area contributed by atoms with Crippen LogP contribution >= 0.6 is 11.8 Å². The van der Waals surface area contributed by atoms with Crippen LogP contribution in [0.4, 0.5) is 46.3 Å². The molecule has 6 atom stereocenters. The number of rotatable bonds is 29. The maximum atomic E-state index is 14.4. The maximum Gasteiger partial charge on any atom is 0.336 e. The van der Waals surface area contributed by atoms with Crippen molar-refractivity contribution in [2.45, 2.75) is 133 Å². The predicted octanol–water partition coefficient (Wildman–Crippen LogP) is 2.31. The Hall–Kier alpha value is -15.6. The Morgan fingerprint density at radius 3 is 1.91 bits per heavy atom. The summed E-state index contributed by atoms with van der Waals surface area (Å²) in [4.78, 5) is 235. The van der Waals surface area contributed by atoms with E-state index in [0.29, 0.717) is 46.9 Å². The van der Waals surface area contributed by atoms with Gasteiger partial charge in [-0.05, 0) is 178 Å². The van der Waals surface area contributed by atoms with Crippen molar-refractivity contribution in [2.75, 3.05) is 101 Å². The number of hydrogen-bond acceptors (Lipinski definition) is 28. The SMILES string of the molecule is CC[C@H](C)[C@@H]1NC(=O)c2cc(cc(NC(=O)CNC(=O)C3CCN(c4nc(Nc5ccc(-c6c7ccc(=O)cc-7oc7cc(O)ccc67)c(C(=O)O)c5)nc(N5CCC(C(=O)NCC(=O)Nc6ccc7c(c6)C(=O)N[C@@H](CCC(=O)O)C(=O)N[C@@H](CCCCN)C(=O)Nc6cc(C(N)=O)ccc6CN7)CC5)n4)CC3)c2)CSC[C@@H](C(N)=O)NC(=O)CNC(=O)[C@H](CCCNC(=N)N)NC1=O. The molecule has 1 aliphatic carbocycles. The molecule has 0 spiro atoms. The number of aromatic nitrogens is 3. The largest absolute Gasteiger partial charge is 0.508 e. The van der Waals surface area contributed by atoms with Gasteiger partial charge in [-0.3, -0.25) is 77.3 Å². The topological polar surface area (TPSA) is 688 Å². The fourth-order valence-electron chi connectivity index (χ4n) is 15.9. The number of aliphatic carboxylic acids is 1. The van der Waals surface area contributed by atoms with E-state index in [2.05, 4.69) is 74.4 Å². The van der Waals surface area contributed by atoms with E-state index in [0.717, 1.165) is 11.8 Å². The Bertz CT molecular complexity index is 5940. The average Bonchev–Trinajstić information content (AvgIpc) is 0.744. The molecule has 1 aromatic heterocycles. The molecule has 5 aromatic carbocycles. The van der Waals surface area contributed by atoms with Crippen molar-refractivity contribution in [1.29, 1.82) is 5.41 Å². The summed E-state index contributed by atoms with van der Waals surface area (Å²) in [6, 6.07) is 19.6. The molecule has 26 N–H and O–H groups in total. The number of aromatic hydroxyl groups is 1. The number of phenolic OH excluding ortho intramolecular Hbond substituents is 1. The third-order valence-corrected chi connectivity index (χ3v) is 24.4. The van der Waals surface area contributed by atoms with Crippen molar-refractivity contribution in [3.63, 3.8) is 0 Å². The number of nitrogens with two attached hydrogens (primary N) is 4. The van der Waals surface area contributed by atoms with E-state index >= 15 is 0 Å². The van der Waals surface area contributed by atoms with E-state index in [-0.39, 0.29) is 205 Å². The number of hydrogen-bond donors (Lipinski definition) is 22. The number of carboxylic acid groups (broad SMARTS) is 2. The summed E-state index contributed by atoms with van der Waals surface area (Å²) in [5.41, 5.74) is 24.7. The summed E-state index contributed by atoms with van der Waals surface area (Å²) in [7, 11) is 0. The lowest BCUT2D eigenvalue weighted by molar-refractivity contribution is -0.137. The predicted molar refractivity (Wildman–Crippen MR) is 498 cm³/mol. The summed E-state index contributed by atoms with van der Waals surface area (Å²) >= 11 is 1.15. The van der Waals surface area contributed by atoms with Crippen LogP contribution in [0, 0.1) is 23.2 Å². The molecule has 5 aliphatic heterocycles. The first-order chi connectivity index (χ1) is 64.6. The zero-order chi connectivity index (χ0) is 96.8. The van der Waals surface area contributed by atoms with Crippen molar-refractivity contribution in [1.82, 2.24) is 62.8 Å². The second-order valence-electron chi connectivity index (χ2n) is 33.0. The number of nitrogens with zero attached hydrogens (tertiary/aromatic N) is 5. The summed E-state index contributed by atoms with van der Waals surface area (Å²) < 4.78 is 6.04. The standard InChI is InChI=1S/C90H106N24O20S/c1-3-45(2)75-85(131)107-63(8-6-26-96-87(94)95)82(128)100-42-72(119)104-67(77(93)123)44-135-43-46-31-51(80(126)109-75)33-54(32-46)102-71(118)41-99-79(125)48-23-29-114(30-24-48)90-111-88(103-53-11-15-57(60(35-53)86(132)133)74-58-16-13-55(115)37-68(58)134-69-38-56(116)14-17-59(69)74)110-89(112-90)113-27-21-47(22-28-113)78(124)98-40-70(117)101-52-12-18-62-61(36-52)81(127)105-65(19-20-73(120)121)84(130)106-64(7-4-5-25-91)83(129)108-66-34-49(76(92)122)9-10-50(66)39-97-62/h9-18,31-38,45,47-48,63-65,67,75,97,115H,3-8,19-30,39-44,91H2,1-2H3,(H2,92,122)(H2,93,123)(H,98,124)(H,99,125)(H,100,128)(H,101,117)(H,102,118)(H,104,119)(H,105,127)(H,106,130)(H,107,131)(H,108,129)(H,109,126)(H,120,121)(H,132,133)(H4,94,95,96)(H,103,110,111,112)/t45-,63-,64-,65-,67-,75-/m0/s1. The number of piperidine rings is 2. The monoisotopic (exact) mass is 1870 g/mol. The summed E-state index contributed by atoms with van der Waals surface area (Å²) in [6.07, 6.45) is 1.51. The Morgan fingerprint density at radius 2 is 1.26 bits per heavy atom. The molecule has 12 rings (SSSR count). The fraction of sp³-hybridized carbons (Fsp3) is 0.378. The molecule has 712 valence electrons. The molecule has 2 bridgehead atoms. The number of benzene rings is 6. The second-order valence-corrected chi connectivity index (χ2v) is 34.0. The van der Waals surface area contributed by atoms with E-state index < -0.39 is 169 Å². The van der Waals surface area contributed by atoms with Gasteiger partial charge in [-0.25, -0.2) is 4.79 Å². The van der Waals surface area contributed by atoms with E-state index in [9.17, 15) is 92.0 Å². The number of aromatic carboxylic acids is 1. The van der Waals surface area contributed by atoms with Gasteiger partial charge in [-0.15, -0.1) is 0 Å². The minimum absolute atomic E-state index is 0.000702. The number of primary amides is 2. The van der Waals surface area contributed by atoms with Crippen LogP contribution in [-0.2, 0) is 65.0 Å². The lowest BCUT2D eigenvalue weighted by Crippen LogP contribution is -2.56. The number of amides is 13. The van der Waals surface area contributed by atoms with Crippen LogP contribution in [-0.4, -0.2) is 220 Å². The van der Waals surface area contributed by atoms with Gasteiger partial charge in [-0.1, -0.05) is 32.4 Å². The van der Waals surface area contributed by atoms with Crippen LogP contribution in [0.1, 0.15) is 143 Å². The van der Waals surface area contributed by atoms with Gasteiger partial charge in [0.25, 0.3) is 11.8 Å². The summed E-state index contributed by atoms with van der Waals surface area (Å²) in [5, 5.41) is 77.4. The number of unbranched alkanes of at least 4 members (excludes halogenated alkanes) is 1. The molecule has 2 saturated heterocycles. The average molecular weight is 1880 g/mol. The van der Waals surface area contributed by atoms with E-state index in [4.69, 9.17) is 47.7 Å². The van der Waals surface area contributed by atoms with Crippen molar-refractivity contribution in [2.24, 2.45) is 40.7 Å². The van der Waals surface area contributed by atoms with Gasteiger partial charge in [0.05, 0.1) is 30.8 Å². The van der Waals surface area contributed by atoms with E-state index in [1.807, 2.05) is 9.80 Å². The smallest absolute Gasteiger partial charge is 0.336 e. The third-order valence-electron chi connectivity index (χ3n) is 23.3. The summed E-state index contributed by atoms with van der Waals surface area (Å²) in [5.74, 6) is -13.9. The highest BCUT2D eigenvalue weighted by Gasteiger charge is 2.37. The molecule has 0 radical (unpaired) electrons. The number of carboxylic acids is 2. The van der Waals surface area contributed by atoms with Crippen LogP contribution in [0.25, 0.3) is 33.4 Å². The quantitative estimate of drug-likeness (QED) is 0.0138. The number of carbonyl (C=O) groups excluding carboxylic acids is 13. The molecule has 2 fully saturated rings. The maximum absolute atomic E-state index is 14.4. The normalized spacial score (nSPS) is 18.1. The van der Waals surface area contributed by atoms with Gasteiger partial charge in [-0.2, -0.15) is 26.7 Å². The van der Waals surface area contributed by atoms with Crippen LogP contribution in [0.5, 0.6) is 5.75 Å². The van der Waals surface area contributed by atoms with Crippen LogP contribution in [0.3, 0.4) is 0 Å². The number of phenols is 1. The molecular formula is C90H106N24O20S. The van der Waals surface area contributed by atoms with Crippen molar-refractivity contribution in [3.8, 4) is 28.2 Å². The zero-order valence-electron chi connectivity index (χ0n) is 73.7. The number of guanidine groups is 1. The number of thioether (sulfide) groups is 1. The first-order valence-corrected chi connectivity index (χ1v) is 45.0. The van der Waals surface area contributed by atoms with Gasteiger partial charge in [0.15, 0.2) is 11.4 Å². The lowest BCUT2D eigenvalue weighted by Gasteiger charge is -2.34. The molecule has 44 nitrogen and oxygen atoms in total. The highest BCUT2D eigenvalue weighted by atomic mass is 32.2. The first-order valence-electron chi connectivity index (χ1n) is 43.8. The van der Waals surface area contributed by atoms with Gasteiger partial charge < -0.3 is 127 Å². The Balaban J connectivity index is 0.737. The Kier molecular flexibility index (Phi) is 33.2. The third kappa shape index (κ3) is 26.4. The fourth-order valence-corrected chi connectivity index (χ4v) is 16.9. The van der Waals surface area contributed by atoms with Gasteiger partial charge in [0.2, 0.25) is 82.8 Å². The van der Waals surface area contributed by atoms with Crippen molar-refractivity contribution >= 4 is 164 Å². The van der Waals surface area contributed by atoms with Gasteiger partial charge in [0, 0.05) is 137 Å². The van der Waals surface area contributed by atoms with Crippen LogP contribution in [0.2, 0.25) is 0 Å².